The molecule has 5 nitrogen and oxygen atoms in total. The van der Waals surface area contributed by atoms with Gasteiger partial charge in [-0.3, -0.25) is 4.98 Å². The van der Waals surface area contributed by atoms with E-state index in [4.69, 9.17) is 4.74 Å². The summed E-state index contributed by atoms with van der Waals surface area (Å²) >= 11 is 3.22. The van der Waals surface area contributed by atoms with Crippen LogP contribution in [0.25, 0.3) is 0 Å². The first kappa shape index (κ1) is 20.7. The van der Waals surface area contributed by atoms with Crippen molar-refractivity contribution < 1.29 is 18.3 Å². The number of halogens is 3. The summed E-state index contributed by atoms with van der Waals surface area (Å²) < 4.78 is 32.6. The predicted octanol–water partition coefficient (Wildman–Crippen LogP) is 5.07. The summed E-state index contributed by atoms with van der Waals surface area (Å²) in [6, 6.07) is 12.5. The molecule has 2 N–H and O–H groups in total. The normalized spacial score (nSPS) is 10.4. The lowest BCUT2D eigenvalue weighted by molar-refractivity contribution is 0.251. The van der Waals surface area contributed by atoms with Crippen LogP contribution in [0, 0.1) is 11.6 Å². The van der Waals surface area contributed by atoms with E-state index in [-0.39, 0.29) is 6.03 Å². The Kier molecular flexibility index (Phi) is 7.13. The summed E-state index contributed by atoms with van der Waals surface area (Å²) in [6.07, 6.45) is 3.77. The van der Waals surface area contributed by atoms with Gasteiger partial charge in [0.25, 0.3) is 0 Å². The van der Waals surface area contributed by atoms with E-state index in [1.807, 2.05) is 6.07 Å². The number of pyridine rings is 1. The topological polar surface area (TPSA) is 63.2 Å². The molecule has 0 radical (unpaired) electrons. The zero-order chi connectivity index (χ0) is 20.6. The first-order valence-corrected chi connectivity index (χ1v) is 9.60. The summed E-state index contributed by atoms with van der Waals surface area (Å²) in [7, 11) is 0. The molecule has 0 saturated heterocycles. The fourth-order valence-corrected chi connectivity index (χ4v) is 3.04. The van der Waals surface area contributed by atoms with Gasteiger partial charge in [-0.1, -0.05) is 22.0 Å². The van der Waals surface area contributed by atoms with Crippen LogP contribution < -0.4 is 15.4 Å². The molecule has 150 valence electrons. The number of hydrogen-bond donors (Lipinski definition) is 2. The Hall–Kier alpha value is -3.00. The largest absolute Gasteiger partial charge is 0.493 e. The van der Waals surface area contributed by atoms with E-state index in [2.05, 4.69) is 31.5 Å². The van der Waals surface area contributed by atoms with E-state index in [0.717, 1.165) is 17.7 Å². The van der Waals surface area contributed by atoms with Crippen molar-refractivity contribution in [1.82, 2.24) is 10.3 Å². The van der Waals surface area contributed by atoms with Crippen LogP contribution in [0.5, 0.6) is 5.75 Å². The average molecular weight is 462 g/mol. The van der Waals surface area contributed by atoms with Gasteiger partial charge in [0.05, 0.1) is 6.61 Å². The molecule has 8 heteroatoms. The minimum atomic E-state index is -0.894. The van der Waals surface area contributed by atoms with Gasteiger partial charge in [0.15, 0.2) is 11.6 Å². The van der Waals surface area contributed by atoms with Crippen molar-refractivity contribution >= 4 is 27.6 Å². The Labute approximate surface area is 175 Å². The van der Waals surface area contributed by atoms with Gasteiger partial charge in [0.1, 0.15) is 5.75 Å². The second-order valence-corrected chi connectivity index (χ2v) is 7.00. The standard InChI is InChI=1S/C21H18BrF2N3O2/c22-18-11-20(24)19(23)10-15(18)7-9-29-17-5-3-16(4-6-17)27-21(28)26-13-14-2-1-8-25-12-14/h1-6,8,10-12H,7,9,13H2,(H2,26,27,28). The molecular weight excluding hydrogens is 444 g/mol. The van der Waals surface area contributed by atoms with E-state index in [1.54, 1.807) is 42.7 Å². The number of benzene rings is 2. The van der Waals surface area contributed by atoms with Gasteiger partial charge in [-0.05, 0) is 53.6 Å². The number of amides is 2. The van der Waals surface area contributed by atoms with Crippen LogP contribution in [0.1, 0.15) is 11.1 Å². The Bertz CT molecular complexity index is 970. The van der Waals surface area contributed by atoms with Gasteiger partial charge in [0.2, 0.25) is 0 Å². The zero-order valence-electron chi connectivity index (χ0n) is 15.3. The fraction of sp³-hybridized carbons (Fsp3) is 0.143. The van der Waals surface area contributed by atoms with E-state index in [0.29, 0.717) is 41.0 Å². The number of nitrogens with one attached hydrogen (secondary N) is 2. The molecule has 3 aromatic rings. The monoisotopic (exact) mass is 461 g/mol. The highest BCUT2D eigenvalue weighted by Crippen LogP contribution is 2.22. The van der Waals surface area contributed by atoms with Crippen molar-refractivity contribution in [3.8, 4) is 5.75 Å². The molecule has 1 heterocycles. The number of anilines is 1. The summed E-state index contributed by atoms with van der Waals surface area (Å²) in [5, 5.41) is 5.48. The summed E-state index contributed by atoms with van der Waals surface area (Å²) in [5.74, 6) is -1.18. The van der Waals surface area contributed by atoms with Crippen LogP contribution >= 0.6 is 15.9 Å². The molecule has 0 aliphatic rings. The van der Waals surface area contributed by atoms with Crippen molar-refractivity contribution in [3.05, 3.63) is 88.2 Å². The molecule has 0 bridgehead atoms. The molecule has 0 fully saturated rings. The molecule has 3 rings (SSSR count). The SMILES string of the molecule is O=C(NCc1cccnc1)Nc1ccc(OCCc2cc(F)c(F)cc2Br)cc1. The molecule has 2 amide bonds. The predicted molar refractivity (Wildman–Crippen MR) is 110 cm³/mol. The first-order chi connectivity index (χ1) is 14.0. The quantitative estimate of drug-likeness (QED) is 0.483. The lowest BCUT2D eigenvalue weighted by atomic mass is 10.1. The summed E-state index contributed by atoms with van der Waals surface area (Å²) in [4.78, 5) is 15.9. The number of carbonyl (C=O) groups is 1. The molecule has 0 unspecified atom stereocenters. The number of urea groups is 1. The van der Waals surface area contributed by atoms with Crippen molar-refractivity contribution in [2.24, 2.45) is 0 Å². The van der Waals surface area contributed by atoms with Crippen LogP contribution in [-0.2, 0) is 13.0 Å². The maximum absolute atomic E-state index is 13.3. The molecular formula is C21H18BrF2N3O2. The number of rotatable bonds is 7. The Balaban J connectivity index is 1.45. The van der Waals surface area contributed by atoms with E-state index < -0.39 is 11.6 Å². The number of ether oxygens (including phenoxy) is 1. The Morgan fingerprint density at radius 3 is 2.59 bits per heavy atom. The van der Waals surface area contributed by atoms with Crippen molar-refractivity contribution in [2.75, 3.05) is 11.9 Å². The molecule has 0 aliphatic carbocycles. The number of nitrogens with zero attached hydrogens (tertiary/aromatic N) is 1. The number of aromatic nitrogens is 1. The minimum absolute atomic E-state index is 0.294. The second kappa shape index (κ2) is 9.97. The molecule has 0 atom stereocenters. The molecule has 2 aromatic carbocycles. The van der Waals surface area contributed by atoms with E-state index in [1.165, 1.54) is 0 Å². The summed E-state index contributed by atoms with van der Waals surface area (Å²) in [6.45, 7) is 0.669. The second-order valence-electron chi connectivity index (χ2n) is 6.15. The van der Waals surface area contributed by atoms with Gasteiger partial charge in [-0.25, -0.2) is 13.6 Å². The van der Waals surface area contributed by atoms with E-state index in [9.17, 15) is 13.6 Å². The Morgan fingerprint density at radius 1 is 1.10 bits per heavy atom. The molecule has 0 spiro atoms. The lowest BCUT2D eigenvalue weighted by Gasteiger charge is -2.10. The fourth-order valence-electron chi connectivity index (χ4n) is 2.53. The molecule has 29 heavy (non-hydrogen) atoms. The van der Waals surface area contributed by atoms with Crippen LogP contribution in [0.2, 0.25) is 0 Å². The number of hydrogen-bond acceptors (Lipinski definition) is 3. The van der Waals surface area contributed by atoms with E-state index >= 15 is 0 Å². The zero-order valence-corrected chi connectivity index (χ0v) is 16.9. The van der Waals surface area contributed by atoms with Crippen LogP contribution in [0.3, 0.4) is 0 Å². The van der Waals surface area contributed by atoms with Crippen molar-refractivity contribution in [3.63, 3.8) is 0 Å². The van der Waals surface area contributed by atoms with Crippen LogP contribution in [-0.4, -0.2) is 17.6 Å². The van der Waals surface area contributed by atoms with Gasteiger partial charge >= 0.3 is 6.03 Å². The maximum Gasteiger partial charge on any atom is 0.319 e. The third-order valence-electron chi connectivity index (χ3n) is 4.02. The third-order valence-corrected chi connectivity index (χ3v) is 4.76. The first-order valence-electron chi connectivity index (χ1n) is 8.81. The highest BCUT2D eigenvalue weighted by Gasteiger charge is 2.08. The third kappa shape index (κ3) is 6.25. The van der Waals surface area contributed by atoms with Gasteiger partial charge in [0, 0.05) is 35.5 Å². The van der Waals surface area contributed by atoms with Gasteiger partial charge in [-0.15, -0.1) is 0 Å². The van der Waals surface area contributed by atoms with Crippen LogP contribution in [0.15, 0.2) is 65.4 Å². The summed E-state index contributed by atoms with van der Waals surface area (Å²) in [5.41, 5.74) is 2.14. The molecule has 1 aromatic heterocycles. The highest BCUT2D eigenvalue weighted by atomic mass is 79.9. The average Bonchev–Trinajstić information content (AvgIpc) is 2.72. The molecule has 0 aliphatic heterocycles. The van der Waals surface area contributed by atoms with Crippen molar-refractivity contribution in [2.45, 2.75) is 13.0 Å². The highest BCUT2D eigenvalue weighted by molar-refractivity contribution is 9.10. The van der Waals surface area contributed by atoms with Crippen LogP contribution in [0.4, 0.5) is 19.3 Å². The minimum Gasteiger partial charge on any atom is -0.493 e. The van der Waals surface area contributed by atoms with Gasteiger partial charge in [-0.2, -0.15) is 0 Å². The van der Waals surface area contributed by atoms with Crippen molar-refractivity contribution in [1.29, 1.82) is 0 Å². The van der Waals surface area contributed by atoms with Gasteiger partial charge < -0.3 is 15.4 Å². The smallest absolute Gasteiger partial charge is 0.319 e. The Morgan fingerprint density at radius 2 is 1.86 bits per heavy atom. The number of carbonyl (C=O) groups excluding carboxylic acids is 1. The molecule has 0 saturated carbocycles. The maximum atomic E-state index is 13.3. The lowest BCUT2D eigenvalue weighted by Crippen LogP contribution is -2.28.